The van der Waals surface area contributed by atoms with Crippen LogP contribution in [0.25, 0.3) is 0 Å². The monoisotopic (exact) mass is 828 g/mol. The van der Waals surface area contributed by atoms with Crippen LogP contribution in [0.2, 0.25) is 0 Å². The first-order chi connectivity index (χ1) is 28.5. The van der Waals surface area contributed by atoms with E-state index in [9.17, 15) is 39.5 Å². The number of hydrogen-bond acceptors (Lipinski definition) is 11. The number of hydrogen-bond donors (Lipinski definition) is 5. The molecule has 4 atom stereocenters. The van der Waals surface area contributed by atoms with E-state index in [1.807, 2.05) is 0 Å². The molecule has 0 radical (unpaired) electrons. The van der Waals surface area contributed by atoms with Crippen LogP contribution in [0.15, 0.2) is 41.4 Å². The number of nitrogens with one attached hydrogen (secondary N) is 2. The fourth-order valence-corrected chi connectivity index (χ4v) is 7.09. The van der Waals surface area contributed by atoms with E-state index in [1.54, 1.807) is 24.3 Å². The number of unbranched alkanes of at least 4 members (excludes halogenated alkanes) is 14. The molecule has 2 aliphatic heterocycles. The van der Waals surface area contributed by atoms with Gasteiger partial charge in [0.25, 0.3) is 11.8 Å². The van der Waals surface area contributed by atoms with Gasteiger partial charge in [0.2, 0.25) is 17.7 Å². The minimum Gasteiger partial charge on any atom is -0.507 e. The molecule has 1 saturated heterocycles. The fraction of sp³-hybridized carbons (Fsp3) is 0.682. The van der Waals surface area contributed by atoms with Crippen molar-refractivity contribution in [3.05, 3.63) is 42.0 Å². The Morgan fingerprint density at radius 1 is 0.966 bits per heavy atom. The molecule has 0 spiro atoms. The van der Waals surface area contributed by atoms with E-state index in [1.165, 1.54) is 89.7 Å². The zero-order valence-electron chi connectivity index (χ0n) is 35.3. The van der Waals surface area contributed by atoms with Crippen molar-refractivity contribution in [3.63, 3.8) is 0 Å². The number of carbonyl (C=O) groups excluding carboxylic acids is 5. The average Bonchev–Trinajstić information content (AvgIpc) is 3.65. The summed E-state index contributed by atoms with van der Waals surface area (Å²) < 4.78 is 11.1. The molecule has 0 aliphatic carbocycles. The van der Waals surface area contributed by atoms with Crippen molar-refractivity contribution < 1.29 is 49.0 Å². The molecule has 5 N–H and O–H groups in total. The molecule has 15 heteroatoms. The van der Waals surface area contributed by atoms with Gasteiger partial charge in [-0.15, -0.1) is 0 Å². The number of allylic oxidation sites excluding steroid dienone is 1. The highest BCUT2D eigenvalue weighted by atomic mass is 16.5. The Labute approximate surface area is 349 Å². The molecule has 0 aromatic heterocycles. The summed E-state index contributed by atoms with van der Waals surface area (Å²) in [5.41, 5.74) is 0.320. The minimum atomic E-state index is -1.16. The Morgan fingerprint density at radius 3 is 2.31 bits per heavy atom. The summed E-state index contributed by atoms with van der Waals surface area (Å²) in [6.45, 7) is 3.83. The van der Waals surface area contributed by atoms with Crippen molar-refractivity contribution in [1.82, 2.24) is 20.8 Å². The maximum absolute atomic E-state index is 13.4. The van der Waals surface area contributed by atoms with Gasteiger partial charge in [-0.25, -0.2) is 19.9 Å². The van der Waals surface area contributed by atoms with Crippen LogP contribution in [0.5, 0.6) is 5.75 Å². The lowest BCUT2D eigenvalue weighted by molar-refractivity contribution is -0.167. The van der Waals surface area contributed by atoms with E-state index in [4.69, 9.17) is 9.47 Å². The van der Waals surface area contributed by atoms with Gasteiger partial charge in [0.1, 0.15) is 30.5 Å². The molecule has 1 fully saturated rings. The highest BCUT2D eigenvalue weighted by molar-refractivity contribution is 6.00. The van der Waals surface area contributed by atoms with Crippen LogP contribution < -0.4 is 10.6 Å². The standard InChI is InChI=1S/C44H69N5O10/c1-3-4-5-6-7-8-9-10-11-12-13-14-15-16-17-28-40(52)48(56)29-22-21-26-36(46-41(53)37-32-58-42(47-37)34-24-18-19-27-38(34)50)44(55)59-33(2)31-39(51)45-35-25-20-23-30-49(57)43(35)54/h17-19,24,27-28,33,35-37,50,56-57H,3-16,20-23,25-26,29-32H2,1-2H3,(H,45,51)(H,46,53)/b28-17+. The molecule has 15 nitrogen and oxygen atoms in total. The van der Waals surface area contributed by atoms with Crippen LogP contribution >= 0.6 is 0 Å². The number of benzene rings is 1. The Balaban J connectivity index is 1.43. The molecular weight excluding hydrogens is 759 g/mol. The summed E-state index contributed by atoms with van der Waals surface area (Å²) in [5, 5.41) is 36.9. The number of esters is 1. The Morgan fingerprint density at radius 2 is 1.63 bits per heavy atom. The zero-order chi connectivity index (χ0) is 42.8. The molecule has 1 aromatic rings. The normalized spacial score (nSPS) is 17.8. The van der Waals surface area contributed by atoms with Gasteiger partial charge in [0.15, 0.2) is 6.04 Å². The lowest BCUT2D eigenvalue weighted by Crippen LogP contribution is -2.48. The highest BCUT2D eigenvalue weighted by Gasteiger charge is 2.33. The highest BCUT2D eigenvalue weighted by Crippen LogP contribution is 2.21. The Kier molecular flexibility index (Phi) is 23.2. The van der Waals surface area contributed by atoms with Crippen LogP contribution in [0, 0.1) is 0 Å². The molecule has 1 aromatic carbocycles. The van der Waals surface area contributed by atoms with Crippen LogP contribution in [0.1, 0.15) is 154 Å². The van der Waals surface area contributed by atoms with Gasteiger partial charge in [-0.2, -0.15) is 0 Å². The van der Waals surface area contributed by atoms with E-state index in [0.717, 1.165) is 19.3 Å². The maximum Gasteiger partial charge on any atom is 0.328 e. The lowest BCUT2D eigenvalue weighted by atomic mass is 10.0. The van der Waals surface area contributed by atoms with E-state index in [-0.39, 0.29) is 44.2 Å². The molecule has 330 valence electrons. The average molecular weight is 828 g/mol. The summed E-state index contributed by atoms with van der Waals surface area (Å²) in [6, 6.07) is 3.34. The number of nitrogens with zero attached hydrogens (tertiary/aromatic N) is 3. The van der Waals surface area contributed by atoms with Crippen molar-refractivity contribution >= 4 is 35.5 Å². The quantitative estimate of drug-likeness (QED) is 0.0200. The number of aliphatic imine (C=N–C) groups is 1. The molecule has 4 amide bonds. The van der Waals surface area contributed by atoms with Crippen molar-refractivity contribution in [2.75, 3.05) is 19.7 Å². The molecule has 0 saturated carbocycles. The van der Waals surface area contributed by atoms with Gasteiger partial charge in [-0.05, 0) is 70.4 Å². The van der Waals surface area contributed by atoms with Gasteiger partial charge < -0.3 is 25.2 Å². The second-order valence-corrected chi connectivity index (χ2v) is 15.8. The number of ether oxygens (including phenoxy) is 2. The molecule has 4 unspecified atom stereocenters. The summed E-state index contributed by atoms with van der Waals surface area (Å²) in [6.07, 6.45) is 21.5. The van der Waals surface area contributed by atoms with E-state index in [0.29, 0.717) is 47.8 Å². The van der Waals surface area contributed by atoms with Crippen molar-refractivity contribution in [3.8, 4) is 5.75 Å². The third-order valence-electron chi connectivity index (χ3n) is 10.6. The van der Waals surface area contributed by atoms with E-state index < -0.39 is 53.8 Å². The first-order valence-electron chi connectivity index (χ1n) is 22.0. The fourth-order valence-electron chi connectivity index (χ4n) is 7.09. The Bertz CT molecular complexity index is 1520. The Hall–Kier alpha value is -4.50. The van der Waals surface area contributed by atoms with Gasteiger partial charge in [0, 0.05) is 19.2 Å². The second kappa shape index (κ2) is 28.1. The van der Waals surface area contributed by atoms with Gasteiger partial charge in [-0.1, -0.05) is 102 Å². The molecule has 3 rings (SSSR count). The summed E-state index contributed by atoms with van der Waals surface area (Å²) >= 11 is 0. The van der Waals surface area contributed by atoms with Crippen LogP contribution in [-0.2, 0) is 33.4 Å². The van der Waals surface area contributed by atoms with Gasteiger partial charge >= 0.3 is 5.97 Å². The second-order valence-electron chi connectivity index (χ2n) is 15.8. The summed E-state index contributed by atoms with van der Waals surface area (Å²) in [4.78, 5) is 68.7. The first kappa shape index (κ1) is 48.9. The number of rotatable bonds is 28. The lowest BCUT2D eigenvalue weighted by Gasteiger charge is -2.23. The van der Waals surface area contributed by atoms with Gasteiger partial charge in [-0.3, -0.25) is 29.6 Å². The maximum atomic E-state index is 13.4. The van der Waals surface area contributed by atoms with Crippen molar-refractivity contribution in [1.29, 1.82) is 0 Å². The number of amides is 4. The SMILES string of the molecule is CCCCCCCCCCCCCCC/C=C/C(=O)N(O)CCCCC(NC(=O)C1COC(c2ccccc2O)=N1)C(=O)OC(C)CC(=O)NC1CCCCN(O)C1=O. The van der Waals surface area contributed by atoms with Gasteiger partial charge in [0.05, 0.1) is 12.0 Å². The topological polar surface area (TPSA) is 207 Å². The first-order valence-corrected chi connectivity index (χ1v) is 22.0. The van der Waals surface area contributed by atoms with Crippen LogP contribution in [0.4, 0.5) is 0 Å². The van der Waals surface area contributed by atoms with Crippen LogP contribution in [-0.4, -0.2) is 105 Å². The van der Waals surface area contributed by atoms with E-state index in [2.05, 4.69) is 22.5 Å². The summed E-state index contributed by atoms with van der Waals surface area (Å²) in [7, 11) is 0. The van der Waals surface area contributed by atoms with Crippen molar-refractivity contribution in [2.24, 2.45) is 4.99 Å². The molecular formula is C44H69N5O10. The number of carbonyl (C=O) groups is 5. The molecule has 59 heavy (non-hydrogen) atoms. The molecule has 2 heterocycles. The molecule has 2 aliphatic rings. The zero-order valence-corrected chi connectivity index (χ0v) is 35.3. The third-order valence-corrected chi connectivity index (χ3v) is 10.6. The number of phenols is 1. The smallest absolute Gasteiger partial charge is 0.328 e. The van der Waals surface area contributed by atoms with Crippen molar-refractivity contribution in [2.45, 2.75) is 173 Å². The number of phenolic OH excluding ortho intramolecular Hbond substituents is 1. The minimum absolute atomic E-state index is 0.00401. The largest absolute Gasteiger partial charge is 0.507 e. The predicted molar refractivity (Wildman–Crippen MR) is 223 cm³/mol. The molecule has 0 bridgehead atoms. The summed E-state index contributed by atoms with van der Waals surface area (Å²) in [5.74, 6) is -3.07. The number of hydroxylamine groups is 4. The van der Waals surface area contributed by atoms with E-state index >= 15 is 0 Å². The third kappa shape index (κ3) is 19.0. The van der Waals surface area contributed by atoms with Crippen LogP contribution in [0.3, 0.4) is 0 Å². The number of para-hydroxylation sites is 1. The number of aromatic hydroxyl groups is 1. The predicted octanol–water partition coefficient (Wildman–Crippen LogP) is 6.66.